The average molecular weight is 295 g/mol. The maximum absolute atomic E-state index is 5.21. The van der Waals surface area contributed by atoms with Gasteiger partial charge in [-0.3, -0.25) is 4.99 Å². The lowest BCUT2D eigenvalue weighted by molar-refractivity contribution is 0.414. The van der Waals surface area contributed by atoms with Gasteiger partial charge in [0.05, 0.1) is 7.11 Å². The number of guanidine groups is 1. The van der Waals surface area contributed by atoms with Gasteiger partial charge < -0.3 is 15.4 Å². The van der Waals surface area contributed by atoms with Gasteiger partial charge in [0, 0.05) is 20.1 Å². The third-order valence-electron chi connectivity index (χ3n) is 2.89. The zero-order chi connectivity index (χ0) is 14.6. The quantitative estimate of drug-likeness (QED) is 0.439. The Morgan fingerprint density at radius 2 is 2.15 bits per heavy atom. The summed E-state index contributed by atoms with van der Waals surface area (Å²) in [6.07, 6.45) is 4.55. The predicted octanol–water partition coefficient (Wildman–Crippen LogP) is 2.50. The van der Waals surface area contributed by atoms with Gasteiger partial charge in [0.2, 0.25) is 0 Å². The molecule has 0 saturated carbocycles. The van der Waals surface area contributed by atoms with Gasteiger partial charge in [0.25, 0.3) is 0 Å². The highest BCUT2D eigenvalue weighted by Crippen LogP contribution is 2.11. The van der Waals surface area contributed by atoms with Crippen molar-refractivity contribution in [1.82, 2.24) is 10.6 Å². The lowest BCUT2D eigenvalue weighted by atomic mass is 10.2. The normalized spacial score (nSPS) is 11.2. The van der Waals surface area contributed by atoms with E-state index in [1.165, 1.54) is 24.2 Å². The van der Waals surface area contributed by atoms with Crippen LogP contribution in [0.2, 0.25) is 0 Å². The zero-order valence-electron chi connectivity index (χ0n) is 12.6. The number of thioether (sulfide) groups is 1. The van der Waals surface area contributed by atoms with E-state index in [9.17, 15) is 0 Å². The smallest absolute Gasteiger partial charge is 0.191 e. The number of methoxy groups -OCH3 is 1. The van der Waals surface area contributed by atoms with Crippen molar-refractivity contribution in [2.75, 3.05) is 32.7 Å². The molecule has 0 aliphatic carbocycles. The molecule has 0 heterocycles. The molecule has 1 rings (SSSR count). The Morgan fingerprint density at radius 1 is 1.30 bits per heavy atom. The maximum Gasteiger partial charge on any atom is 0.191 e. The molecule has 0 saturated heterocycles. The van der Waals surface area contributed by atoms with Crippen molar-refractivity contribution in [3.63, 3.8) is 0 Å². The van der Waals surface area contributed by atoms with E-state index in [1.54, 1.807) is 14.2 Å². The molecule has 5 heteroatoms. The maximum atomic E-state index is 5.21. The topological polar surface area (TPSA) is 45.7 Å². The summed E-state index contributed by atoms with van der Waals surface area (Å²) in [5, 5.41) is 6.63. The van der Waals surface area contributed by atoms with Crippen molar-refractivity contribution >= 4 is 17.7 Å². The van der Waals surface area contributed by atoms with Crippen LogP contribution in [0.25, 0.3) is 0 Å². The van der Waals surface area contributed by atoms with Crippen molar-refractivity contribution in [1.29, 1.82) is 0 Å². The summed E-state index contributed by atoms with van der Waals surface area (Å²) < 4.78 is 5.21. The minimum atomic E-state index is 0.738. The Bertz CT molecular complexity index is 410. The fourth-order valence-electron chi connectivity index (χ4n) is 1.77. The van der Waals surface area contributed by atoms with Crippen molar-refractivity contribution in [3.8, 4) is 5.75 Å². The van der Waals surface area contributed by atoms with Crippen LogP contribution in [-0.4, -0.2) is 38.7 Å². The third kappa shape index (κ3) is 6.70. The van der Waals surface area contributed by atoms with E-state index in [1.807, 2.05) is 30.0 Å². The third-order valence-corrected chi connectivity index (χ3v) is 3.58. The molecule has 112 valence electrons. The van der Waals surface area contributed by atoms with Crippen LogP contribution in [-0.2, 0) is 6.54 Å². The van der Waals surface area contributed by atoms with Gasteiger partial charge in [-0.2, -0.15) is 11.8 Å². The largest absolute Gasteiger partial charge is 0.497 e. The molecule has 1 aromatic carbocycles. The van der Waals surface area contributed by atoms with Crippen LogP contribution in [0.1, 0.15) is 18.4 Å². The Labute approximate surface area is 126 Å². The minimum Gasteiger partial charge on any atom is -0.497 e. The first-order valence-corrected chi connectivity index (χ1v) is 8.26. The number of benzene rings is 1. The van der Waals surface area contributed by atoms with Gasteiger partial charge in [-0.1, -0.05) is 12.1 Å². The lowest BCUT2D eigenvalue weighted by Crippen LogP contribution is -2.37. The molecule has 1 aromatic rings. The van der Waals surface area contributed by atoms with Crippen LogP contribution in [0.4, 0.5) is 0 Å². The second kappa shape index (κ2) is 10.4. The Hall–Kier alpha value is -1.36. The number of nitrogens with one attached hydrogen (secondary N) is 2. The van der Waals surface area contributed by atoms with E-state index >= 15 is 0 Å². The van der Waals surface area contributed by atoms with Crippen LogP contribution >= 0.6 is 11.8 Å². The monoisotopic (exact) mass is 295 g/mol. The molecular weight excluding hydrogens is 270 g/mol. The summed E-state index contributed by atoms with van der Waals surface area (Å²) in [4.78, 5) is 4.22. The van der Waals surface area contributed by atoms with E-state index in [4.69, 9.17) is 4.74 Å². The highest BCUT2D eigenvalue weighted by Gasteiger charge is 1.99. The average Bonchev–Trinajstić information content (AvgIpc) is 2.50. The number of unbranched alkanes of at least 4 members (excludes halogenated alkanes) is 1. The second-order valence-corrected chi connectivity index (χ2v) is 5.39. The number of hydrogen-bond donors (Lipinski definition) is 2. The van der Waals surface area contributed by atoms with Crippen LogP contribution in [0.3, 0.4) is 0 Å². The fraction of sp³-hybridized carbons (Fsp3) is 0.533. The standard InChI is InChI=1S/C15H25N3OS/c1-16-15(17-9-4-5-10-20-3)18-12-13-7-6-8-14(11-13)19-2/h6-8,11H,4-5,9-10,12H2,1-3H3,(H2,16,17,18). The first kappa shape index (κ1) is 16.7. The molecule has 0 aromatic heterocycles. The summed E-state index contributed by atoms with van der Waals surface area (Å²) >= 11 is 1.89. The molecule has 0 fully saturated rings. The first-order valence-electron chi connectivity index (χ1n) is 6.86. The molecule has 0 atom stereocenters. The van der Waals surface area contributed by atoms with Crippen LogP contribution in [0.5, 0.6) is 5.75 Å². The number of rotatable bonds is 8. The Kier molecular flexibility index (Phi) is 8.71. The van der Waals surface area contributed by atoms with Crippen molar-refractivity contribution in [3.05, 3.63) is 29.8 Å². The van der Waals surface area contributed by atoms with Crippen molar-refractivity contribution in [2.45, 2.75) is 19.4 Å². The number of ether oxygens (including phenoxy) is 1. The molecular formula is C15H25N3OS. The van der Waals surface area contributed by atoms with E-state index in [2.05, 4.69) is 27.9 Å². The highest BCUT2D eigenvalue weighted by molar-refractivity contribution is 7.98. The van der Waals surface area contributed by atoms with E-state index in [0.29, 0.717) is 0 Å². The van der Waals surface area contributed by atoms with Gasteiger partial charge in [-0.25, -0.2) is 0 Å². The van der Waals surface area contributed by atoms with Crippen molar-refractivity contribution < 1.29 is 4.74 Å². The molecule has 0 unspecified atom stereocenters. The summed E-state index contributed by atoms with van der Waals surface area (Å²) in [6.45, 7) is 1.69. The summed E-state index contributed by atoms with van der Waals surface area (Å²) in [5.41, 5.74) is 1.18. The molecule has 0 spiro atoms. The van der Waals surface area contributed by atoms with Gasteiger partial charge in [-0.05, 0) is 42.5 Å². The van der Waals surface area contributed by atoms with Crippen LogP contribution in [0.15, 0.2) is 29.3 Å². The number of hydrogen-bond acceptors (Lipinski definition) is 3. The molecule has 0 aliphatic heterocycles. The molecule has 0 aliphatic rings. The summed E-state index contributed by atoms with van der Waals surface area (Å²) in [6, 6.07) is 8.04. The predicted molar refractivity (Wildman–Crippen MR) is 88.8 cm³/mol. The van der Waals surface area contributed by atoms with Gasteiger partial charge in [0.1, 0.15) is 5.75 Å². The van der Waals surface area contributed by atoms with E-state index in [-0.39, 0.29) is 0 Å². The Balaban J connectivity index is 2.30. The lowest BCUT2D eigenvalue weighted by Gasteiger charge is -2.12. The second-order valence-electron chi connectivity index (χ2n) is 4.40. The first-order chi connectivity index (χ1) is 9.80. The van der Waals surface area contributed by atoms with Gasteiger partial charge in [0.15, 0.2) is 5.96 Å². The van der Waals surface area contributed by atoms with Crippen LogP contribution in [0, 0.1) is 0 Å². The van der Waals surface area contributed by atoms with Gasteiger partial charge >= 0.3 is 0 Å². The zero-order valence-corrected chi connectivity index (χ0v) is 13.4. The number of aliphatic imine (C=N–C) groups is 1. The van der Waals surface area contributed by atoms with E-state index in [0.717, 1.165) is 24.8 Å². The van der Waals surface area contributed by atoms with Crippen LogP contribution < -0.4 is 15.4 Å². The highest BCUT2D eigenvalue weighted by atomic mass is 32.2. The summed E-state index contributed by atoms with van der Waals surface area (Å²) in [5.74, 6) is 2.94. The van der Waals surface area contributed by atoms with Gasteiger partial charge in [-0.15, -0.1) is 0 Å². The minimum absolute atomic E-state index is 0.738. The molecule has 2 N–H and O–H groups in total. The Morgan fingerprint density at radius 3 is 2.85 bits per heavy atom. The van der Waals surface area contributed by atoms with E-state index < -0.39 is 0 Å². The molecule has 20 heavy (non-hydrogen) atoms. The number of nitrogens with zero attached hydrogens (tertiary/aromatic N) is 1. The summed E-state index contributed by atoms with van der Waals surface area (Å²) in [7, 11) is 3.48. The molecule has 0 radical (unpaired) electrons. The molecule has 0 amide bonds. The van der Waals surface area contributed by atoms with Crippen molar-refractivity contribution in [2.24, 2.45) is 4.99 Å². The molecule has 0 bridgehead atoms. The fourth-order valence-corrected chi connectivity index (χ4v) is 2.26. The molecule has 4 nitrogen and oxygen atoms in total. The SMILES string of the molecule is CN=C(NCCCCSC)NCc1cccc(OC)c1.